The van der Waals surface area contributed by atoms with Gasteiger partial charge in [0.1, 0.15) is 5.78 Å². The molecule has 0 saturated carbocycles. The standard InChI is InChI=1S/C11H8F4O4/c1-4(16)2-7(11(17)18)19-6-3-5(12)8(13)10(15)9(6)14/h3,7H,2H2,1H3,(H,17,18). The number of ether oxygens (including phenoxy) is 1. The first kappa shape index (κ1) is 14.9. The molecule has 0 fully saturated rings. The highest BCUT2D eigenvalue weighted by Crippen LogP contribution is 2.26. The fourth-order valence-corrected chi connectivity index (χ4v) is 1.23. The van der Waals surface area contributed by atoms with Gasteiger partial charge < -0.3 is 9.84 Å². The molecule has 1 rings (SSSR count). The van der Waals surface area contributed by atoms with E-state index in [1.54, 1.807) is 0 Å². The molecule has 1 unspecified atom stereocenters. The van der Waals surface area contributed by atoms with Crippen molar-refractivity contribution in [1.82, 2.24) is 0 Å². The molecule has 0 aliphatic carbocycles. The second kappa shape index (κ2) is 5.68. The van der Waals surface area contributed by atoms with Crippen LogP contribution in [-0.2, 0) is 9.59 Å². The van der Waals surface area contributed by atoms with Gasteiger partial charge in [0.05, 0.1) is 6.42 Å². The Balaban J connectivity index is 3.10. The number of hydrogen-bond donors (Lipinski definition) is 1. The first-order chi connectivity index (χ1) is 8.73. The molecule has 8 heteroatoms. The smallest absolute Gasteiger partial charge is 0.345 e. The number of hydrogen-bond acceptors (Lipinski definition) is 3. The van der Waals surface area contributed by atoms with Crippen LogP contribution in [0.15, 0.2) is 6.07 Å². The fraction of sp³-hybridized carbons (Fsp3) is 0.273. The van der Waals surface area contributed by atoms with Crippen molar-refractivity contribution in [3.63, 3.8) is 0 Å². The van der Waals surface area contributed by atoms with Crippen LogP contribution in [0.1, 0.15) is 13.3 Å². The van der Waals surface area contributed by atoms with E-state index in [0.29, 0.717) is 0 Å². The van der Waals surface area contributed by atoms with Gasteiger partial charge in [-0.15, -0.1) is 0 Å². The summed E-state index contributed by atoms with van der Waals surface area (Å²) in [4.78, 5) is 21.5. The average molecular weight is 280 g/mol. The van der Waals surface area contributed by atoms with Gasteiger partial charge in [0.25, 0.3) is 0 Å². The van der Waals surface area contributed by atoms with Crippen molar-refractivity contribution in [3.05, 3.63) is 29.3 Å². The summed E-state index contributed by atoms with van der Waals surface area (Å²) in [6.07, 6.45) is -2.45. The lowest BCUT2D eigenvalue weighted by Gasteiger charge is -2.14. The number of benzene rings is 1. The van der Waals surface area contributed by atoms with Crippen LogP contribution in [0.5, 0.6) is 5.75 Å². The Labute approximate surface area is 104 Å². The van der Waals surface area contributed by atoms with Crippen LogP contribution in [0.2, 0.25) is 0 Å². The summed E-state index contributed by atoms with van der Waals surface area (Å²) in [6, 6.07) is 0.170. The maximum absolute atomic E-state index is 13.2. The van der Waals surface area contributed by atoms with Gasteiger partial charge in [0.15, 0.2) is 17.4 Å². The number of carboxylic acid groups (broad SMARTS) is 1. The quantitative estimate of drug-likeness (QED) is 0.509. The molecule has 0 aliphatic rings. The fourth-order valence-electron chi connectivity index (χ4n) is 1.23. The Bertz CT molecular complexity index is 530. The molecule has 0 amide bonds. The van der Waals surface area contributed by atoms with E-state index in [4.69, 9.17) is 5.11 Å². The summed E-state index contributed by atoms with van der Waals surface area (Å²) in [7, 11) is 0. The Hall–Kier alpha value is -2.12. The van der Waals surface area contributed by atoms with Crippen LogP contribution in [0.4, 0.5) is 17.6 Å². The number of ketones is 1. The number of carbonyl (C=O) groups excluding carboxylic acids is 1. The van der Waals surface area contributed by atoms with E-state index in [-0.39, 0.29) is 6.07 Å². The summed E-state index contributed by atoms with van der Waals surface area (Å²) in [6.45, 7) is 1.06. The van der Waals surface area contributed by atoms with Crippen LogP contribution in [-0.4, -0.2) is 23.0 Å². The lowest BCUT2D eigenvalue weighted by atomic mass is 10.2. The third kappa shape index (κ3) is 3.43. The third-order valence-corrected chi connectivity index (χ3v) is 2.09. The van der Waals surface area contributed by atoms with Gasteiger partial charge in [-0.1, -0.05) is 0 Å². The van der Waals surface area contributed by atoms with Crippen molar-refractivity contribution < 1.29 is 37.0 Å². The van der Waals surface area contributed by atoms with Gasteiger partial charge in [0.2, 0.25) is 17.7 Å². The van der Waals surface area contributed by atoms with Gasteiger partial charge in [-0.2, -0.15) is 4.39 Å². The summed E-state index contributed by atoms with van der Waals surface area (Å²) < 4.78 is 56.1. The van der Waals surface area contributed by atoms with Crippen LogP contribution >= 0.6 is 0 Å². The van der Waals surface area contributed by atoms with Crippen molar-refractivity contribution >= 4 is 11.8 Å². The molecule has 0 spiro atoms. The number of aliphatic carboxylic acids is 1. The van der Waals surface area contributed by atoms with E-state index in [2.05, 4.69) is 4.74 Å². The number of Topliss-reactive ketones (excluding diaryl/α,β-unsaturated/α-hetero) is 1. The third-order valence-electron chi connectivity index (χ3n) is 2.09. The zero-order chi connectivity index (χ0) is 14.7. The molecule has 1 N–H and O–H groups in total. The van der Waals surface area contributed by atoms with Crippen molar-refractivity contribution in [2.45, 2.75) is 19.4 Å². The topological polar surface area (TPSA) is 63.6 Å². The maximum Gasteiger partial charge on any atom is 0.345 e. The zero-order valence-corrected chi connectivity index (χ0v) is 9.55. The summed E-state index contributed by atoms with van der Waals surface area (Å²) in [5.41, 5.74) is 0. The van der Waals surface area contributed by atoms with Gasteiger partial charge in [-0.3, -0.25) is 4.79 Å². The Morgan fingerprint density at radius 2 is 1.79 bits per heavy atom. The molecular weight excluding hydrogens is 272 g/mol. The minimum atomic E-state index is -2.12. The lowest BCUT2D eigenvalue weighted by molar-refractivity contribution is -0.147. The average Bonchev–Trinajstić information content (AvgIpc) is 2.31. The van der Waals surface area contributed by atoms with Crippen LogP contribution < -0.4 is 4.74 Å². The minimum absolute atomic E-state index is 0.170. The van der Waals surface area contributed by atoms with E-state index in [1.807, 2.05) is 0 Å². The predicted octanol–water partition coefficient (Wildman–Crippen LogP) is 2.05. The van der Waals surface area contributed by atoms with Crippen molar-refractivity contribution in [2.24, 2.45) is 0 Å². The van der Waals surface area contributed by atoms with E-state index >= 15 is 0 Å². The molecule has 19 heavy (non-hydrogen) atoms. The van der Waals surface area contributed by atoms with Crippen LogP contribution in [0.25, 0.3) is 0 Å². The first-order valence-corrected chi connectivity index (χ1v) is 4.96. The molecule has 0 aliphatic heterocycles. The number of rotatable bonds is 5. The van der Waals surface area contributed by atoms with E-state index in [9.17, 15) is 27.2 Å². The molecule has 0 saturated heterocycles. The van der Waals surface area contributed by atoms with Crippen molar-refractivity contribution in [2.75, 3.05) is 0 Å². The highest BCUT2D eigenvalue weighted by molar-refractivity contribution is 5.83. The van der Waals surface area contributed by atoms with E-state index in [1.165, 1.54) is 0 Å². The second-order valence-electron chi connectivity index (χ2n) is 3.65. The largest absolute Gasteiger partial charge is 0.478 e. The molecule has 1 aromatic carbocycles. The number of carbonyl (C=O) groups is 2. The van der Waals surface area contributed by atoms with Gasteiger partial charge in [-0.25, -0.2) is 18.0 Å². The lowest BCUT2D eigenvalue weighted by Crippen LogP contribution is -2.29. The molecule has 0 aromatic heterocycles. The Morgan fingerprint density at radius 3 is 2.26 bits per heavy atom. The van der Waals surface area contributed by atoms with Crippen LogP contribution in [0.3, 0.4) is 0 Å². The highest BCUT2D eigenvalue weighted by Gasteiger charge is 2.26. The molecule has 0 bridgehead atoms. The summed E-state index contributed by atoms with van der Waals surface area (Å²) >= 11 is 0. The van der Waals surface area contributed by atoms with Crippen molar-refractivity contribution in [1.29, 1.82) is 0 Å². The van der Waals surface area contributed by atoms with Gasteiger partial charge in [-0.05, 0) is 6.92 Å². The van der Waals surface area contributed by atoms with Gasteiger partial charge in [0, 0.05) is 6.07 Å². The Morgan fingerprint density at radius 1 is 1.21 bits per heavy atom. The second-order valence-corrected chi connectivity index (χ2v) is 3.65. The van der Waals surface area contributed by atoms with E-state index in [0.717, 1.165) is 6.92 Å². The molecule has 1 atom stereocenters. The predicted molar refractivity (Wildman–Crippen MR) is 53.6 cm³/mol. The molecule has 4 nitrogen and oxygen atoms in total. The first-order valence-electron chi connectivity index (χ1n) is 4.96. The van der Waals surface area contributed by atoms with E-state index < -0.39 is 53.3 Å². The molecular formula is C11H8F4O4. The maximum atomic E-state index is 13.2. The summed E-state index contributed by atoms with van der Waals surface area (Å²) in [5.74, 6) is -11.1. The SMILES string of the molecule is CC(=O)CC(Oc1cc(F)c(F)c(F)c1F)C(=O)O. The number of halogens is 4. The summed E-state index contributed by atoms with van der Waals surface area (Å²) in [5, 5.41) is 8.71. The molecule has 1 aromatic rings. The molecule has 0 radical (unpaired) electrons. The van der Waals surface area contributed by atoms with Crippen molar-refractivity contribution in [3.8, 4) is 5.75 Å². The zero-order valence-electron chi connectivity index (χ0n) is 9.55. The van der Waals surface area contributed by atoms with Gasteiger partial charge >= 0.3 is 5.97 Å². The molecule has 104 valence electrons. The minimum Gasteiger partial charge on any atom is -0.478 e. The Kier molecular flexibility index (Phi) is 4.47. The monoisotopic (exact) mass is 280 g/mol. The molecule has 0 heterocycles. The normalized spacial score (nSPS) is 12.1. The van der Waals surface area contributed by atoms with Crippen LogP contribution in [0, 0.1) is 23.3 Å². The highest BCUT2D eigenvalue weighted by atomic mass is 19.2. The number of carboxylic acids is 1.